The Balaban J connectivity index is 2.80. The lowest BCUT2D eigenvalue weighted by Crippen LogP contribution is -2.22. The molecule has 0 aliphatic heterocycles. The molecule has 0 fully saturated rings. The molecule has 0 saturated heterocycles. The summed E-state index contributed by atoms with van der Waals surface area (Å²) in [6.45, 7) is 4.11. The lowest BCUT2D eigenvalue weighted by atomic mass is 9.98. The van der Waals surface area contributed by atoms with Crippen molar-refractivity contribution in [1.82, 2.24) is 0 Å². The van der Waals surface area contributed by atoms with Gasteiger partial charge in [-0.2, -0.15) is 5.26 Å². The van der Waals surface area contributed by atoms with Crippen LogP contribution >= 0.6 is 11.6 Å². The Morgan fingerprint density at radius 2 is 2.21 bits per heavy atom. The fraction of sp³-hybridized carbons (Fsp3) is 0.467. The van der Waals surface area contributed by atoms with E-state index < -0.39 is 0 Å². The number of carbonyl (C=O) groups is 1. The lowest BCUT2D eigenvalue weighted by molar-refractivity contribution is -0.120. The minimum atomic E-state index is -0.0327. The maximum atomic E-state index is 12.2. The predicted molar refractivity (Wildman–Crippen MR) is 78.1 cm³/mol. The number of nitrogens with zero attached hydrogens (tertiary/aromatic N) is 1. The number of rotatable bonds is 6. The fourth-order valence-electron chi connectivity index (χ4n) is 1.92. The first kappa shape index (κ1) is 15.5. The summed E-state index contributed by atoms with van der Waals surface area (Å²) in [5.74, 6) is -0.0415. The van der Waals surface area contributed by atoms with Crippen molar-refractivity contribution in [2.75, 3.05) is 5.32 Å². The number of hydrogen-bond acceptors (Lipinski definition) is 2. The number of halogens is 1. The van der Waals surface area contributed by atoms with Crippen molar-refractivity contribution in [2.45, 2.75) is 39.5 Å². The highest BCUT2D eigenvalue weighted by molar-refractivity contribution is 6.31. The molecule has 4 heteroatoms. The molecule has 1 N–H and O–H groups in total. The van der Waals surface area contributed by atoms with Gasteiger partial charge in [-0.05, 0) is 31.0 Å². The topological polar surface area (TPSA) is 52.9 Å². The van der Waals surface area contributed by atoms with Crippen LogP contribution in [0.1, 0.15) is 45.1 Å². The first-order valence-electron chi connectivity index (χ1n) is 6.62. The molecule has 102 valence electrons. The highest BCUT2D eigenvalue weighted by atomic mass is 35.5. The minimum absolute atomic E-state index is 0.00882. The second-order valence-corrected chi connectivity index (χ2v) is 4.97. The summed E-state index contributed by atoms with van der Waals surface area (Å²) in [7, 11) is 0. The number of benzene rings is 1. The van der Waals surface area contributed by atoms with Gasteiger partial charge < -0.3 is 5.32 Å². The van der Waals surface area contributed by atoms with Crippen molar-refractivity contribution in [3.8, 4) is 6.07 Å². The van der Waals surface area contributed by atoms with Gasteiger partial charge >= 0.3 is 0 Å². The third-order valence-corrected chi connectivity index (χ3v) is 3.36. The van der Waals surface area contributed by atoms with Crippen LogP contribution in [0.4, 0.5) is 5.69 Å². The molecule has 1 aromatic carbocycles. The SMILES string of the molecule is CCCCC(CC)C(=O)Nc1cc(Cl)ccc1C#N. The van der Waals surface area contributed by atoms with Gasteiger partial charge in [0.05, 0.1) is 11.3 Å². The molecule has 3 nitrogen and oxygen atoms in total. The van der Waals surface area contributed by atoms with Crippen LogP contribution < -0.4 is 5.32 Å². The maximum Gasteiger partial charge on any atom is 0.227 e. The Morgan fingerprint density at radius 3 is 2.79 bits per heavy atom. The van der Waals surface area contributed by atoms with Gasteiger partial charge in [-0.1, -0.05) is 38.3 Å². The molecule has 0 bridgehead atoms. The van der Waals surface area contributed by atoms with E-state index in [1.165, 1.54) is 0 Å². The second kappa shape index (κ2) is 7.81. The van der Waals surface area contributed by atoms with Gasteiger partial charge in [0.15, 0.2) is 0 Å². The van der Waals surface area contributed by atoms with E-state index in [4.69, 9.17) is 16.9 Å². The first-order chi connectivity index (χ1) is 9.12. The highest BCUT2D eigenvalue weighted by Gasteiger charge is 2.17. The highest BCUT2D eigenvalue weighted by Crippen LogP contribution is 2.22. The molecule has 0 radical (unpaired) electrons. The van der Waals surface area contributed by atoms with Crippen LogP contribution in [-0.4, -0.2) is 5.91 Å². The Bertz CT molecular complexity index is 480. The van der Waals surface area contributed by atoms with Gasteiger partial charge in [-0.3, -0.25) is 4.79 Å². The molecule has 1 atom stereocenters. The van der Waals surface area contributed by atoms with Gasteiger partial charge in [0.1, 0.15) is 6.07 Å². The van der Waals surface area contributed by atoms with Gasteiger partial charge in [-0.15, -0.1) is 0 Å². The standard InChI is InChI=1S/C15H19ClN2O/c1-3-5-6-11(4-2)15(19)18-14-9-13(16)8-7-12(14)10-17/h7-9,11H,3-6H2,1-2H3,(H,18,19). The molecule has 0 aliphatic rings. The molecule has 1 rings (SSSR count). The van der Waals surface area contributed by atoms with E-state index in [0.29, 0.717) is 16.3 Å². The largest absolute Gasteiger partial charge is 0.325 e. The van der Waals surface area contributed by atoms with Crippen molar-refractivity contribution in [2.24, 2.45) is 5.92 Å². The Morgan fingerprint density at radius 1 is 1.47 bits per heavy atom. The number of hydrogen-bond donors (Lipinski definition) is 1. The monoisotopic (exact) mass is 278 g/mol. The van der Waals surface area contributed by atoms with E-state index >= 15 is 0 Å². The molecule has 0 saturated carbocycles. The van der Waals surface area contributed by atoms with Crippen molar-refractivity contribution in [3.63, 3.8) is 0 Å². The quantitative estimate of drug-likeness (QED) is 0.840. The van der Waals surface area contributed by atoms with Crippen molar-refractivity contribution in [1.29, 1.82) is 5.26 Å². The number of unbranched alkanes of at least 4 members (excludes halogenated alkanes) is 1. The number of amides is 1. The number of anilines is 1. The van der Waals surface area contributed by atoms with Crippen LogP contribution in [0.25, 0.3) is 0 Å². The first-order valence-corrected chi connectivity index (χ1v) is 7.00. The molecular weight excluding hydrogens is 260 g/mol. The molecule has 1 aromatic rings. The zero-order chi connectivity index (χ0) is 14.3. The number of nitrogens with one attached hydrogen (secondary N) is 1. The molecule has 0 aliphatic carbocycles. The summed E-state index contributed by atoms with van der Waals surface area (Å²) >= 11 is 5.89. The smallest absolute Gasteiger partial charge is 0.227 e. The molecule has 0 spiro atoms. The molecule has 0 aromatic heterocycles. The summed E-state index contributed by atoms with van der Waals surface area (Å²) in [5.41, 5.74) is 0.929. The Kier molecular flexibility index (Phi) is 6.38. The fourth-order valence-corrected chi connectivity index (χ4v) is 2.10. The molecule has 19 heavy (non-hydrogen) atoms. The van der Waals surface area contributed by atoms with Crippen LogP contribution in [0.5, 0.6) is 0 Å². The number of nitriles is 1. The summed E-state index contributed by atoms with van der Waals surface area (Å²) < 4.78 is 0. The summed E-state index contributed by atoms with van der Waals surface area (Å²) in [4.78, 5) is 12.2. The van der Waals surface area contributed by atoms with E-state index in [9.17, 15) is 4.79 Å². The van der Waals surface area contributed by atoms with Crippen LogP contribution in [0.2, 0.25) is 5.02 Å². The number of carbonyl (C=O) groups excluding carboxylic acids is 1. The van der Waals surface area contributed by atoms with Crippen LogP contribution in [0.3, 0.4) is 0 Å². The van der Waals surface area contributed by atoms with Crippen LogP contribution in [-0.2, 0) is 4.79 Å². The van der Waals surface area contributed by atoms with E-state index in [2.05, 4.69) is 18.3 Å². The molecule has 0 heterocycles. The zero-order valence-electron chi connectivity index (χ0n) is 11.4. The third kappa shape index (κ3) is 4.57. The summed E-state index contributed by atoms with van der Waals surface area (Å²) in [5, 5.41) is 12.3. The van der Waals surface area contributed by atoms with Crippen LogP contribution in [0, 0.1) is 17.2 Å². The third-order valence-electron chi connectivity index (χ3n) is 3.13. The molecule has 1 amide bonds. The summed E-state index contributed by atoms with van der Waals surface area (Å²) in [6, 6.07) is 6.93. The van der Waals surface area contributed by atoms with E-state index in [-0.39, 0.29) is 11.8 Å². The lowest BCUT2D eigenvalue weighted by Gasteiger charge is -2.15. The normalized spacial score (nSPS) is 11.7. The molecule has 1 unspecified atom stereocenters. The van der Waals surface area contributed by atoms with Crippen molar-refractivity contribution >= 4 is 23.2 Å². The summed E-state index contributed by atoms with van der Waals surface area (Å²) in [6.07, 6.45) is 3.78. The van der Waals surface area contributed by atoms with Gasteiger partial charge in [0, 0.05) is 10.9 Å². The van der Waals surface area contributed by atoms with E-state index in [1.54, 1.807) is 18.2 Å². The molecular formula is C15H19ClN2O. The van der Waals surface area contributed by atoms with Gasteiger partial charge in [0.25, 0.3) is 0 Å². The van der Waals surface area contributed by atoms with Crippen molar-refractivity contribution in [3.05, 3.63) is 28.8 Å². The van der Waals surface area contributed by atoms with Gasteiger partial charge in [-0.25, -0.2) is 0 Å². The second-order valence-electron chi connectivity index (χ2n) is 4.54. The Labute approximate surface area is 119 Å². The average molecular weight is 279 g/mol. The van der Waals surface area contributed by atoms with E-state index in [1.807, 2.05) is 6.92 Å². The van der Waals surface area contributed by atoms with Gasteiger partial charge in [0.2, 0.25) is 5.91 Å². The minimum Gasteiger partial charge on any atom is -0.325 e. The zero-order valence-corrected chi connectivity index (χ0v) is 12.1. The van der Waals surface area contributed by atoms with Crippen LogP contribution in [0.15, 0.2) is 18.2 Å². The van der Waals surface area contributed by atoms with Crippen molar-refractivity contribution < 1.29 is 4.79 Å². The predicted octanol–water partition coefficient (Wildman–Crippen LogP) is 4.37. The van der Waals surface area contributed by atoms with E-state index in [0.717, 1.165) is 25.7 Å². The average Bonchev–Trinajstić information content (AvgIpc) is 2.40. The Hall–Kier alpha value is -1.53. The maximum absolute atomic E-state index is 12.2.